The lowest BCUT2D eigenvalue weighted by Gasteiger charge is -2.21. The lowest BCUT2D eigenvalue weighted by atomic mass is 10.2. The van der Waals surface area contributed by atoms with Crippen LogP contribution in [-0.2, 0) is 16.6 Å². The molecule has 0 saturated carbocycles. The Morgan fingerprint density at radius 3 is 2.53 bits per heavy atom. The number of nitrogens with zero attached hydrogens (tertiary/aromatic N) is 2. The van der Waals surface area contributed by atoms with Crippen molar-refractivity contribution in [3.63, 3.8) is 0 Å². The second-order valence-electron chi connectivity index (χ2n) is 6.71. The molecule has 0 saturated heterocycles. The van der Waals surface area contributed by atoms with E-state index in [1.54, 1.807) is 24.9 Å². The zero-order chi connectivity index (χ0) is 21.9. The summed E-state index contributed by atoms with van der Waals surface area (Å²) in [6.45, 7) is 2.04. The van der Waals surface area contributed by atoms with Crippen LogP contribution in [0, 0.1) is 6.92 Å². The summed E-state index contributed by atoms with van der Waals surface area (Å²) < 4.78 is 27.9. The highest BCUT2D eigenvalue weighted by Crippen LogP contribution is 2.27. The van der Waals surface area contributed by atoms with Gasteiger partial charge in [0.1, 0.15) is 11.4 Å². The van der Waals surface area contributed by atoms with Gasteiger partial charge < -0.3 is 10.0 Å². The van der Waals surface area contributed by atoms with Gasteiger partial charge in [-0.1, -0.05) is 48.0 Å². The van der Waals surface area contributed by atoms with Gasteiger partial charge in [-0.05, 0) is 36.2 Å². The normalized spacial score (nSPS) is 11.2. The number of sulfonamides is 1. The molecule has 156 valence electrons. The van der Waals surface area contributed by atoms with E-state index in [9.17, 15) is 18.3 Å². The van der Waals surface area contributed by atoms with Crippen LogP contribution in [0.25, 0.3) is 0 Å². The summed E-state index contributed by atoms with van der Waals surface area (Å²) in [6, 6.07) is 15.3. The van der Waals surface area contributed by atoms with E-state index in [-0.39, 0.29) is 22.0 Å². The molecule has 30 heavy (non-hydrogen) atoms. The maximum atomic E-state index is 12.8. The average Bonchev–Trinajstić information content (AvgIpc) is 2.70. The summed E-state index contributed by atoms with van der Waals surface area (Å²) in [5.41, 5.74) is 1.32. The van der Waals surface area contributed by atoms with Gasteiger partial charge in [0.2, 0.25) is 0 Å². The molecule has 7 nitrogen and oxygen atoms in total. The van der Waals surface area contributed by atoms with Crippen molar-refractivity contribution < 1.29 is 18.3 Å². The van der Waals surface area contributed by atoms with Gasteiger partial charge in [0.05, 0.1) is 16.8 Å². The first kappa shape index (κ1) is 21.6. The molecule has 0 unspecified atom stereocenters. The summed E-state index contributed by atoms with van der Waals surface area (Å²) in [4.78, 5) is 17.7. The summed E-state index contributed by atoms with van der Waals surface area (Å²) in [5.74, 6) is -0.981. The van der Waals surface area contributed by atoms with Crippen LogP contribution in [0.5, 0.6) is 0 Å². The van der Waals surface area contributed by atoms with E-state index in [1.807, 2.05) is 30.3 Å². The third kappa shape index (κ3) is 4.72. The smallest absolute Gasteiger partial charge is 0.339 e. The molecule has 0 aliphatic rings. The minimum Gasteiger partial charge on any atom is -0.478 e. The average molecular weight is 446 g/mol. The molecule has 1 aromatic heterocycles. The minimum atomic E-state index is -3.97. The van der Waals surface area contributed by atoms with Crippen LogP contribution in [0.1, 0.15) is 21.5 Å². The molecule has 0 bridgehead atoms. The van der Waals surface area contributed by atoms with Crippen molar-refractivity contribution in [2.24, 2.45) is 0 Å². The molecule has 0 spiro atoms. The van der Waals surface area contributed by atoms with Crippen LogP contribution in [0.4, 0.5) is 11.5 Å². The molecule has 2 N–H and O–H groups in total. The van der Waals surface area contributed by atoms with E-state index < -0.39 is 16.0 Å². The molecule has 0 aliphatic carbocycles. The Morgan fingerprint density at radius 1 is 1.17 bits per heavy atom. The van der Waals surface area contributed by atoms with Gasteiger partial charge in [-0.2, -0.15) is 0 Å². The first-order chi connectivity index (χ1) is 14.2. The Morgan fingerprint density at radius 2 is 1.87 bits per heavy atom. The van der Waals surface area contributed by atoms with Crippen LogP contribution < -0.4 is 9.62 Å². The van der Waals surface area contributed by atoms with E-state index in [4.69, 9.17) is 11.6 Å². The van der Waals surface area contributed by atoms with E-state index in [2.05, 4.69) is 9.71 Å². The Labute approximate surface area is 180 Å². The van der Waals surface area contributed by atoms with Crippen molar-refractivity contribution in [1.29, 1.82) is 0 Å². The predicted octanol–water partition coefficient (Wildman–Crippen LogP) is 4.18. The van der Waals surface area contributed by atoms with Gasteiger partial charge in [-0.25, -0.2) is 18.2 Å². The quantitative estimate of drug-likeness (QED) is 0.566. The minimum absolute atomic E-state index is 0.0112. The molecule has 0 radical (unpaired) electrons. The number of carboxylic acids is 1. The van der Waals surface area contributed by atoms with Crippen molar-refractivity contribution in [1.82, 2.24) is 4.98 Å². The first-order valence-corrected chi connectivity index (χ1v) is 10.8. The lowest BCUT2D eigenvalue weighted by Crippen LogP contribution is -2.21. The fourth-order valence-corrected chi connectivity index (χ4v) is 4.53. The standard InChI is InChI=1S/C21H20ClN3O4S/c1-14-18(22)9-6-10-19(14)30(28,29)24-16-11-17(21(26)27)20(23-12-16)25(2)13-15-7-4-3-5-8-15/h3-12,24H,13H2,1-2H3,(H,26,27). The molecule has 1 heterocycles. The maximum absolute atomic E-state index is 12.8. The number of halogens is 1. The molecule has 0 atom stereocenters. The highest BCUT2D eigenvalue weighted by molar-refractivity contribution is 7.92. The molecule has 0 amide bonds. The predicted molar refractivity (Wildman–Crippen MR) is 117 cm³/mol. The van der Waals surface area contributed by atoms with Crippen LogP contribution in [0.2, 0.25) is 5.02 Å². The van der Waals surface area contributed by atoms with Crippen molar-refractivity contribution >= 4 is 39.1 Å². The molecule has 3 rings (SSSR count). The molecule has 0 fully saturated rings. The van der Waals surface area contributed by atoms with E-state index in [0.29, 0.717) is 17.1 Å². The number of pyridine rings is 1. The third-order valence-corrected chi connectivity index (χ3v) is 6.42. The maximum Gasteiger partial charge on any atom is 0.339 e. The van der Waals surface area contributed by atoms with Gasteiger partial charge >= 0.3 is 5.97 Å². The fraction of sp³-hybridized carbons (Fsp3) is 0.143. The van der Waals surface area contributed by atoms with Crippen LogP contribution in [0.3, 0.4) is 0 Å². The van der Waals surface area contributed by atoms with Gasteiger partial charge in [0.25, 0.3) is 10.0 Å². The SMILES string of the molecule is Cc1c(Cl)cccc1S(=O)(=O)Nc1cnc(N(C)Cc2ccccc2)c(C(=O)O)c1. The topological polar surface area (TPSA) is 99.6 Å². The molecular formula is C21H20ClN3O4S. The second-order valence-corrected chi connectivity index (χ2v) is 8.77. The summed E-state index contributed by atoms with van der Waals surface area (Å²) in [6.07, 6.45) is 1.29. The Balaban J connectivity index is 1.91. The number of aromatic carboxylic acids is 1. The van der Waals surface area contributed by atoms with E-state index in [1.165, 1.54) is 24.4 Å². The van der Waals surface area contributed by atoms with Crippen LogP contribution >= 0.6 is 11.6 Å². The highest BCUT2D eigenvalue weighted by atomic mass is 35.5. The Hall–Kier alpha value is -3.10. The first-order valence-electron chi connectivity index (χ1n) is 8.95. The zero-order valence-corrected chi connectivity index (χ0v) is 17.9. The van der Waals surface area contributed by atoms with Gasteiger partial charge in [-0.3, -0.25) is 4.72 Å². The number of carboxylic acid groups (broad SMARTS) is 1. The lowest BCUT2D eigenvalue weighted by molar-refractivity contribution is 0.0697. The number of rotatable bonds is 7. The number of hydrogen-bond donors (Lipinski definition) is 2. The third-order valence-electron chi connectivity index (χ3n) is 4.48. The number of aromatic nitrogens is 1. The molecule has 3 aromatic rings. The van der Waals surface area contributed by atoms with E-state index >= 15 is 0 Å². The fourth-order valence-electron chi connectivity index (χ4n) is 3.00. The Bertz CT molecular complexity index is 1180. The molecular weight excluding hydrogens is 426 g/mol. The monoisotopic (exact) mass is 445 g/mol. The zero-order valence-electron chi connectivity index (χ0n) is 16.3. The highest BCUT2D eigenvalue weighted by Gasteiger charge is 2.21. The van der Waals surface area contributed by atoms with Gasteiger partial charge in [0.15, 0.2) is 0 Å². The van der Waals surface area contributed by atoms with Gasteiger partial charge in [-0.15, -0.1) is 0 Å². The summed E-state index contributed by atoms with van der Waals surface area (Å²) in [5, 5.41) is 9.96. The Kier molecular flexibility index (Phi) is 6.28. The van der Waals surface area contributed by atoms with Crippen LogP contribution in [0.15, 0.2) is 65.7 Å². The molecule has 2 aromatic carbocycles. The van der Waals surface area contributed by atoms with Crippen LogP contribution in [-0.4, -0.2) is 31.5 Å². The number of benzene rings is 2. The molecule has 9 heteroatoms. The van der Waals surface area contributed by atoms with Crippen molar-refractivity contribution in [3.8, 4) is 0 Å². The van der Waals surface area contributed by atoms with Crippen molar-refractivity contribution in [3.05, 3.63) is 82.5 Å². The number of carbonyl (C=O) groups is 1. The largest absolute Gasteiger partial charge is 0.478 e. The number of hydrogen-bond acceptors (Lipinski definition) is 5. The summed E-state index contributed by atoms with van der Waals surface area (Å²) >= 11 is 6.02. The van der Waals surface area contributed by atoms with Crippen molar-refractivity contribution in [2.45, 2.75) is 18.4 Å². The second kappa shape index (κ2) is 8.73. The number of nitrogens with one attached hydrogen (secondary N) is 1. The molecule has 0 aliphatic heterocycles. The summed E-state index contributed by atoms with van der Waals surface area (Å²) in [7, 11) is -2.25. The number of anilines is 2. The van der Waals surface area contributed by atoms with Gasteiger partial charge in [0, 0.05) is 18.6 Å². The van der Waals surface area contributed by atoms with Crippen molar-refractivity contribution in [2.75, 3.05) is 16.7 Å². The van der Waals surface area contributed by atoms with E-state index in [0.717, 1.165) is 5.56 Å².